The molecule has 0 atom stereocenters. The first kappa shape index (κ1) is 14.7. The van der Waals surface area contributed by atoms with E-state index in [1.807, 2.05) is 19.9 Å². The lowest BCUT2D eigenvalue weighted by Gasteiger charge is -2.12. The van der Waals surface area contributed by atoms with Gasteiger partial charge in [-0.3, -0.25) is 4.79 Å². The minimum atomic E-state index is -0.550. The maximum Gasteiger partial charge on any atom is 0.199 e. The number of methoxy groups -OCH3 is 1. The molecule has 0 aliphatic heterocycles. The van der Waals surface area contributed by atoms with E-state index < -0.39 is 5.82 Å². The van der Waals surface area contributed by atoms with Crippen LogP contribution in [-0.4, -0.2) is 12.9 Å². The van der Waals surface area contributed by atoms with Crippen molar-refractivity contribution in [2.45, 2.75) is 13.8 Å². The van der Waals surface area contributed by atoms with E-state index in [1.54, 1.807) is 12.1 Å². The molecule has 0 heterocycles. The van der Waals surface area contributed by atoms with E-state index in [2.05, 4.69) is 15.9 Å². The highest BCUT2D eigenvalue weighted by Gasteiger charge is 2.20. The molecule has 0 saturated carbocycles. The van der Waals surface area contributed by atoms with Crippen molar-refractivity contribution in [1.82, 2.24) is 0 Å². The van der Waals surface area contributed by atoms with Gasteiger partial charge in [-0.1, -0.05) is 22.0 Å². The van der Waals surface area contributed by atoms with Crippen LogP contribution in [0.25, 0.3) is 0 Å². The third-order valence-corrected chi connectivity index (χ3v) is 3.56. The van der Waals surface area contributed by atoms with Crippen LogP contribution in [-0.2, 0) is 0 Å². The standard InChI is InChI=1S/C16H14BrFO2/c1-9-6-10(2)15(14(7-9)20-3)16(19)12-5-4-11(17)8-13(12)18/h4-8H,1-3H3. The van der Waals surface area contributed by atoms with Gasteiger partial charge in [-0.05, 0) is 49.2 Å². The summed E-state index contributed by atoms with van der Waals surface area (Å²) in [6.45, 7) is 3.74. The van der Waals surface area contributed by atoms with Crippen LogP contribution < -0.4 is 4.74 Å². The molecule has 0 bridgehead atoms. The number of hydrogen-bond acceptors (Lipinski definition) is 2. The first-order valence-corrected chi connectivity index (χ1v) is 6.88. The molecule has 4 heteroatoms. The molecular formula is C16H14BrFO2. The average molecular weight is 337 g/mol. The Kier molecular flexibility index (Phi) is 4.23. The molecule has 2 rings (SSSR count). The number of rotatable bonds is 3. The number of halogens is 2. The monoisotopic (exact) mass is 336 g/mol. The van der Waals surface area contributed by atoms with Crippen LogP contribution >= 0.6 is 15.9 Å². The van der Waals surface area contributed by atoms with E-state index in [9.17, 15) is 9.18 Å². The van der Waals surface area contributed by atoms with Gasteiger partial charge in [0, 0.05) is 4.47 Å². The molecule has 2 nitrogen and oxygen atoms in total. The van der Waals surface area contributed by atoms with Crippen LogP contribution in [0.15, 0.2) is 34.8 Å². The Morgan fingerprint density at radius 3 is 2.50 bits per heavy atom. The Bertz CT molecular complexity index is 680. The van der Waals surface area contributed by atoms with Crippen LogP contribution in [0.1, 0.15) is 27.0 Å². The maximum atomic E-state index is 13.9. The second kappa shape index (κ2) is 5.75. The predicted molar refractivity (Wildman–Crippen MR) is 80.0 cm³/mol. The van der Waals surface area contributed by atoms with Gasteiger partial charge in [-0.2, -0.15) is 0 Å². The molecule has 2 aromatic carbocycles. The fourth-order valence-electron chi connectivity index (χ4n) is 2.19. The predicted octanol–water partition coefficient (Wildman–Crippen LogP) is 4.44. The summed E-state index contributed by atoms with van der Waals surface area (Å²) in [6.07, 6.45) is 0. The van der Waals surface area contributed by atoms with E-state index in [-0.39, 0.29) is 11.3 Å². The second-order valence-corrected chi connectivity index (χ2v) is 5.53. The highest BCUT2D eigenvalue weighted by atomic mass is 79.9. The number of aryl methyl sites for hydroxylation is 2. The van der Waals surface area contributed by atoms with Crippen molar-refractivity contribution in [3.8, 4) is 5.75 Å². The minimum Gasteiger partial charge on any atom is -0.496 e. The molecule has 0 N–H and O–H groups in total. The molecule has 0 fully saturated rings. The Labute approximate surface area is 125 Å². The van der Waals surface area contributed by atoms with E-state index in [4.69, 9.17) is 4.74 Å². The molecule has 20 heavy (non-hydrogen) atoms. The molecule has 0 radical (unpaired) electrons. The first-order chi connectivity index (χ1) is 9.43. The molecule has 0 saturated heterocycles. The van der Waals surface area contributed by atoms with Gasteiger partial charge in [0.05, 0.1) is 18.2 Å². The molecule has 0 aromatic heterocycles. The smallest absolute Gasteiger partial charge is 0.199 e. The van der Waals surface area contributed by atoms with Crippen LogP contribution in [0.5, 0.6) is 5.75 Å². The van der Waals surface area contributed by atoms with Crippen molar-refractivity contribution >= 4 is 21.7 Å². The van der Waals surface area contributed by atoms with Crippen molar-refractivity contribution in [1.29, 1.82) is 0 Å². The highest BCUT2D eigenvalue weighted by Crippen LogP contribution is 2.28. The van der Waals surface area contributed by atoms with Crippen molar-refractivity contribution in [2.75, 3.05) is 7.11 Å². The van der Waals surface area contributed by atoms with Gasteiger partial charge in [0.1, 0.15) is 11.6 Å². The van der Waals surface area contributed by atoms with Crippen LogP contribution in [0.4, 0.5) is 4.39 Å². The van der Waals surface area contributed by atoms with Gasteiger partial charge in [0.2, 0.25) is 0 Å². The number of benzene rings is 2. The first-order valence-electron chi connectivity index (χ1n) is 6.09. The number of ether oxygens (including phenoxy) is 1. The zero-order valence-electron chi connectivity index (χ0n) is 11.5. The van der Waals surface area contributed by atoms with Gasteiger partial charge in [0.25, 0.3) is 0 Å². The lowest BCUT2D eigenvalue weighted by molar-refractivity contribution is 0.103. The summed E-state index contributed by atoms with van der Waals surface area (Å²) < 4.78 is 19.8. The lowest BCUT2D eigenvalue weighted by Crippen LogP contribution is -2.09. The summed E-state index contributed by atoms with van der Waals surface area (Å²) >= 11 is 3.18. The van der Waals surface area contributed by atoms with Gasteiger partial charge in [-0.15, -0.1) is 0 Å². The normalized spacial score (nSPS) is 10.4. The number of carbonyl (C=O) groups is 1. The summed E-state index contributed by atoms with van der Waals surface area (Å²) in [5.41, 5.74) is 2.21. The third-order valence-electron chi connectivity index (χ3n) is 3.07. The van der Waals surface area contributed by atoms with Gasteiger partial charge >= 0.3 is 0 Å². The zero-order valence-corrected chi connectivity index (χ0v) is 13.0. The fraction of sp³-hybridized carbons (Fsp3) is 0.188. The van der Waals surface area contributed by atoms with Gasteiger partial charge < -0.3 is 4.74 Å². The lowest BCUT2D eigenvalue weighted by atomic mass is 9.96. The van der Waals surface area contributed by atoms with E-state index >= 15 is 0 Å². The molecule has 0 aliphatic rings. The number of ketones is 1. The third kappa shape index (κ3) is 2.75. The SMILES string of the molecule is COc1cc(C)cc(C)c1C(=O)c1ccc(Br)cc1F. The van der Waals surface area contributed by atoms with Crippen molar-refractivity contribution in [3.63, 3.8) is 0 Å². The highest BCUT2D eigenvalue weighted by molar-refractivity contribution is 9.10. The van der Waals surface area contributed by atoms with Crippen LogP contribution in [0, 0.1) is 19.7 Å². The molecule has 104 valence electrons. The summed E-state index contributed by atoms with van der Waals surface area (Å²) in [7, 11) is 1.50. The molecular weight excluding hydrogens is 323 g/mol. The van der Waals surface area contributed by atoms with Crippen molar-refractivity contribution in [2.24, 2.45) is 0 Å². The molecule has 0 amide bonds. The quantitative estimate of drug-likeness (QED) is 0.774. The van der Waals surface area contributed by atoms with Gasteiger partial charge in [0.15, 0.2) is 5.78 Å². The topological polar surface area (TPSA) is 26.3 Å². The van der Waals surface area contributed by atoms with Crippen molar-refractivity contribution < 1.29 is 13.9 Å². The molecule has 0 unspecified atom stereocenters. The molecule has 2 aromatic rings. The van der Waals surface area contributed by atoms with E-state index in [1.165, 1.54) is 19.2 Å². The summed E-state index contributed by atoms with van der Waals surface area (Å²) in [4.78, 5) is 12.6. The zero-order chi connectivity index (χ0) is 14.9. The van der Waals surface area contributed by atoms with Crippen molar-refractivity contribution in [3.05, 3.63) is 62.9 Å². The molecule has 0 spiro atoms. The largest absolute Gasteiger partial charge is 0.496 e. The Hall–Kier alpha value is -1.68. The minimum absolute atomic E-state index is 0.0402. The Balaban J connectivity index is 2.59. The summed E-state index contributed by atoms with van der Waals surface area (Å²) in [5, 5.41) is 0. The number of carbonyl (C=O) groups excluding carboxylic acids is 1. The Morgan fingerprint density at radius 2 is 1.90 bits per heavy atom. The van der Waals surface area contributed by atoms with Crippen LogP contribution in [0.3, 0.4) is 0 Å². The summed E-state index contributed by atoms with van der Waals surface area (Å²) in [6, 6.07) is 8.06. The Morgan fingerprint density at radius 1 is 1.20 bits per heavy atom. The molecule has 0 aliphatic carbocycles. The van der Waals surface area contributed by atoms with Gasteiger partial charge in [-0.25, -0.2) is 4.39 Å². The second-order valence-electron chi connectivity index (χ2n) is 4.61. The van der Waals surface area contributed by atoms with Crippen LogP contribution in [0.2, 0.25) is 0 Å². The average Bonchev–Trinajstić information content (AvgIpc) is 2.37. The van der Waals surface area contributed by atoms with E-state index in [0.717, 1.165) is 11.1 Å². The van der Waals surface area contributed by atoms with E-state index in [0.29, 0.717) is 15.8 Å². The summed E-state index contributed by atoms with van der Waals surface area (Å²) in [5.74, 6) is -0.453. The maximum absolute atomic E-state index is 13.9. The number of hydrogen-bond donors (Lipinski definition) is 0. The fourth-order valence-corrected chi connectivity index (χ4v) is 2.52.